The zero-order valence-electron chi connectivity index (χ0n) is 12.1. The van der Waals surface area contributed by atoms with Crippen molar-refractivity contribution in [1.82, 2.24) is 4.83 Å². The number of hydrogen-bond acceptors (Lipinski definition) is 5. The summed E-state index contributed by atoms with van der Waals surface area (Å²) in [6.07, 6.45) is 1.25. The van der Waals surface area contributed by atoms with Crippen LogP contribution in [0, 0.1) is 6.92 Å². The lowest BCUT2D eigenvalue weighted by Gasteiger charge is -2.05. The van der Waals surface area contributed by atoms with Crippen LogP contribution in [-0.4, -0.2) is 26.8 Å². The molecule has 0 saturated carbocycles. The van der Waals surface area contributed by atoms with Gasteiger partial charge in [0.2, 0.25) is 0 Å². The van der Waals surface area contributed by atoms with Crippen LogP contribution in [0.2, 0.25) is 0 Å². The van der Waals surface area contributed by atoms with Crippen LogP contribution < -0.4 is 9.57 Å². The van der Waals surface area contributed by atoms with E-state index in [4.69, 9.17) is 4.74 Å². The van der Waals surface area contributed by atoms with Crippen molar-refractivity contribution in [2.45, 2.75) is 11.8 Å². The van der Waals surface area contributed by atoms with E-state index in [0.717, 1.165) is 5.56 Å². The normalized spacial score (nSPS) is 11.5. The van der Waals surface area contributed by atoms with Gasteiger partial charge in [0, 0.05) is 5.56 Å². The Kier molecular flexibility index (Phi) is 4.67. The molecule has 22 heavy (non-hydrogen) atoms. The quantitative estimate of drug-likeness (QED) is 0.652. The van der Waals surface area contributed by atoms with E-state index in [2.05, 4.69) is 9.93 Å². The number of phenols is 1. The minimum Gasteiger partial charge on any atom is -0.507 e. The largest absolute Gasteiger partial charge is 0.507 e. The SMILES string of the molecule is COc1ccc(S(=O)(=O)N/N=C/c2cc(C)ccc2O)cc1. The number of nitrogens with one attached hydrogen (secondary N) is 1. The lowest BCUT2D eigenvalue weighted by molar-refractivity contribution is 0.414. The summed E-state index contributed by atoms with van der Waals surface area (Å²) in [5, 5.41) is 13.3. The number of hydrogen-bond donors (Lipinski definition) is 2. The molecular weight excluding hydrogens is 304 g/mol. The molecule has 0 fully saturated rings. The molecule has 116 valence electrons. The van der Waals surface area contributed by atoms with E-state index in [-0.39, 0.29) is 10.6 Å². The first-order valence-corrected chi connectivity index (χ1v) is 7.89. The van der Waals surface area contributed by atoms with Gasteiger partial charge in [-0.2, -0.15) is 13.5 Å². The second-order valence-electron chi connectivity index (χ2n) is 4.59. The van der Waals surface area contributed by atoms with Crippen LogP contribution in [0.1, 0.15) is 11.1 Å². The van der Waals surface area contributed by atoms with Crippen molar-refractivity contribution in [2.75, 3.05) is 7.11 Å². The van der Waals surface area contributed by atoms with Gasteiger partial charge in [-0.25, -0.2) is 4.83 Å². The maximum atomic E-state index is 12.0. The van der Waals surface area contributed by atoms with Crippen molar-refractivity contribution in [3.05, 3.63) is 53.6 Å². The van der Waals surface area contributed by atoms with Gasteiger partial charge in [-0.05, 0) is 43.3 Å². The second-order valence-corrected chi connectivity index (χ2v) is 6.25. The van der Waals surface area contributed by atoms with Gasteiger partial charge >= 0.3 is 0 Å². The third-order valence-electron chi connectivity index (χ3n) is 2.93. The molecule has 2 aromatic rings. The van der Waals surface area contributed by atoms with E-state index in [9.17, 15) is 13.5 Å². The van der Waals surface area contributed by atoms with Crippen LogP contribution in [0.15, 0.2) is 52.5 Å². The number of rotatable bonds is 5. The standard InChI is InChI=1S/C15H16N2O4S/c1-11-3-8-15(18)12(9-11)10-16-17-22(19,20)14-6-4-13(21-2)5-7-14/h3-10,17-18H,1-2H3/b16-10+. The Morgan fingerprint density at radius 1 is 1.18 bits per heavy atom. The number of sulfonamides is 1. The molecule has 2 aromatic carbocycles. The molecule has 0 atom stereocenters. The molecule has 0 saturated heterocycles. The van der Waals surface area contributed by atoms with E-state index in [1.807, 2.05) is 6.92 Å². The van der Waals surface area contributed by atoms with Gasteiger partial charge < -0.3 is 9.84 Å². The van der Waals surface area contributed by atoms with E-state index in [1.165, 1.54) is 31.5 Å². The molecule has 0 unspecified atom stereocenters. The average molecular weight is 320 g/mol. The molecule has 0 aliphatic heterocycles. The number of nitrogens with zero attached hydrogens (tertiary/aromatic N) is 1. The molecule has 0 aliphatic rings. The first-order valence-electron chi connectivity index (χ1n) is 6.41. The number of phenolic OH excluding ortho intramolecular Hbond substituents is 1. The van der Waals surface area contributed by atoms with Gasteiger partial charge in [0.05, 0.1) is 18.2 Å². The minimum atomic E-state index is -3.76. The Balaban J connectivity index is 2.14. The van der Waals surface area contributed by atoms with Crippen molar-refractivity contribution >= 4 is 16.2 Å². The zero-order valence-corrected chi connectivity index (χ0v) is 13.0. The van der Waals surface area contributed by atoms with Crippen LogP contribution in [0.5, 0.6) is 11.5 Å². The van der Waals surface area contributed by atoms with E-state index < -0.39 is 10.0 Å². The third-order valence-corrected chi connectivity index (χ3v) is 4.17. The molecule has 6 nitrogen and oxygen atoms in total. The Hall–Kier alpha value is -2.54. The molecule has 2 rings (SSSR count). The molecule has 0 aromatic heterocycles. The van der Waals surface area contributed by atoms with Crippen LogP contribution in [0.4, 0.5) is 0 Å². The zero-order chi connectivity index (χ0) is 16.2. The molecule has 0 amide bonds. The molecule has 7 heteroatoms. The highest BCUT2D eigenvalue weighted by Gasteiger charge is 2.12. The fourth-order valence-electron chi connectivity index (χ4n) is 1.75. The smallest absolute Gasteiger partial charge is 0.276 e. The Morgan fingerprint density at radius 3 is 2.50 bits per heavy atom. The first kappa shape index (κ1) is 15.8. The van der Waals surface area contributed by atoms with Gasteiger partial charge in [0.25, 0.3) is 10.0 Å². The Bertz CT molecular complexity index is 784. The first-order chi connectivity index (χ1) is 10.4. The van der Waals surface area contributed by atoms with Crippen molar-refractivity contribution < 1.29 is 18.3 Å². The number of benzene rings is 2. The highest BCUT2D eigenvalue weighted by molar-refractivity contribution is 7.89. The minimum absolute atomic E-state index is 0.0259. The number of hydrazone groups is 1. The lowest BCUT2D eigenvalue weighted by atomic mass is 10.1. The average Bonchev–Trinajstić information content (AvgIpc) is 2.50. The molecule has 0 radical (unpaired) electrons. The summed E-state index contributed by atoms with van der Waals surface area (Å²) < 4.78 is 29.1. The molecule has 0 bridgehead atoms. The molecular formula is C15H16N2O4S. The topological polar surface area (TPSA) is 88.0 Å². The summed E-state index contributed by atoms with van der Waals surface area (Å²) in [7, 11) is -2.26. The van der Waals surface area contributed by atoms with Gasteiger partial charge in [-0.3, -0.25) is 0 Å². The third kappa shape index (κ3) is 3.76. The number of aryl methyl sites for hydroxylation is 1. The highest BCUT2D eigenvalue weighted by Crippen LogP contribution is 2.17. The number of ether oxygens (including phenoxy) is 1. The predicted molar refractivity (Wildman–Crippen MR) is 83.8 cm³/mol. The van der Waals surface area contributed by atoms with E-state index in [0.29, 0.717) is 11.3 Å². The Labute approximate surface area is 129 Å². The fourth-order valence-corrected chi connectivity index (χ4v) is 2.54. The Morgan fingerprint density at radius 2 is 1.86 bits per heavy atom. The second kappa shape index (κ2) is 6.48. The summed E-state index contributed by atoms with van der Waals surface area (Å²) in [6, 6.07) is 10.9. The summed E-state index contributed by atoms with van der Waals surface area (Å²) >= 11 is 0. The van der Waals surface area contributed by atoms with Gasteiger partial charge in [0.15, 0.2) is 0 Å². The highest BCUT2D eigenvalue weighted by atomic mass is 32.2. The summed E-state index contributed by atoms with van der Waals surface area (Å²) in [6.45, 7) is 1.86. The van der Waals surface area contributed by atoms with Crippen LogP contribution >= 0.6 is 0 Å². The summed E-state index contributed by atoms with van der Waals surface area (Å²) in [5.74, 6) is 0.588. The van der Waals surface area contributed by atoms with Gasteiger partial charge in [-0.15, -0.1) is 0 Å². The van der Waals surface area contributed by atoms with Crippen LogP contribution in [0.3, 0.4) is 0 Å². The summed E-state index contributed by atoms with van der Waals surface area (Å²) in [5.41, 5.74) is 1.36. The number of methoxy groups -OCH3 is 1. The van der Waals surface area contributed by atoms with Crippen LogP contribution in [-0.2, 0) is 10.0 Å². The van der Waals surface area contributed by atoms with E-state index in [1.54, 1.807) is 24.3 Å². The van der Waals surface area contributed by atoms with Crippen LogP contribution in [0.25, 0.3) is 0 Å². The van der Waals surface area contributed by atoms with Crippen molar-refractivity contribution in [2.24, 2.45) is 5.10 Å². The van der Waals surface area contributed by atoms with E-state index >= 15 is 0 Å². The molecule has 0 aliphatic carbocycles. The maximum Gasteiger partial charge on any atom is 0.276 e. The predicted octanol–water partition coefficient (Wildman–Crippen LogP) is 2.02. The van der Waals surface area contributed by atoms with Crippen molar-refractivity contribution in [3.8, 4) is 11.5 Å². The molecule has 2 N–H and O–H groups in total. The maximum absolute atomic E-state index is 12.0. The van der Waals surface area contributed by atoms with Crippen molar-refractivity contribution in [1.29, 1.82) is 0 Å². The number of aromatic hydroxyl groups is 1. The van der Waals surface area contributed by atoms with Crippen molar-refractivity contribution in [3.63, 3.8) is 0 Å². The molecule has 0 spiro atoms. The monoisotopic (exact) mass is 320 g/mol. The van der Waals surface area contributed by atoms with Gasteiger partial charge in [0.1, 0.15) is 11.5 Å². The van der Waals surface area contributed by atoms with Gasteiger partial charge in [-0.1, -0.05) is 11.6 Å². The lowest BCUT2D eigenvalue weighted by Crippen LogP contribution is -2.18. The summed E-state index contributed by atoms with van der Waals surface area (Å²) in [4.78, 5) is 2.17. The fraction of sp³-hybridized carbons (Fsp3) is 0.133. The molecule has 0 heterocycles.